The van der Waals surface area contributed by atoms with Crippen molar-refractivity contribution in [2.45, 2.75) is 20.0 Å². The molecule has 1 aliphatic rings. The van der Waals surface area contributed by atoms with Crippen LogP contribution in [0.4, 0.5) is 11.4 Å². The summed E-state index contributed by atoms with van der Waals surface area (Å²) in [5.74, 6) is 0. The summed E-state index contributed by atoms with van der Waals surface area (Å²) in [6.07, 6.45) is 1.73. The first-order chi connectivity index (χ1) is 9.58. The number of aromatic amines is 1. The predicted molar refractivity (Wildman–Crippen MR) is 80.3 cm³/mol. The molecule has 1 aromatic heterocycles. The molecule has 0 unspecified atom stereocenters. The quantitative estimate of drug-likeness (QED) is 0.902. The minimum atomic E-state index is -0.119. The van der Waals surface area contributed by atoms with Crippen LogP contribution in [-0.4, -0.2) is 24.3 Å². The Morgan fingerprint density at radius 1 is 1.30 bits per heavy atom. The predicted octanol–water partition coefficient (Wildman–Crippen LogP) is 1.66. The molecule has 5 nitrogen and oxygen atoms in total. The average molecular weight is 270 g/mol. The van der Waals surface area contributed by atoms with E-state index in [2.05, 4.69) is 52.3 Å². The molecular weight excluding hydrogens is 252 g/mol. The van der Waals surface area contributed by atoms with Crippen molar-refractivity contribution in [2.75, 3.05) is 23.9 Å². The van der Waals surface area contributed by atoms with Gasteiger partial charge in [0.15, 0.2) is 0 Å². The first kappa shape index (κ1) is 12.7. The molecule has 0 fully saturated rings. The largest absolute Gasteiger partial charge is 0.377 e. The van der Waals surface area contributed by atoms with Gasteiger partial charge in [0.2, 0.25) is 0 Å². The van der Waals surface area contributed by atoms with Crippen molar-refractivity contribution in [1.82, 2.24) is 10.2 Å². The van der Waals surface area contributed by atoms with E-state index in [1.54, 1.807) is 6.20 Å². The van der Waals surface area contributed by atoms with Crippen LogP contribution < -0.4 is 15.4 Å². The van der Waals surface area contributed by atoms with E-state index in [9.17, 15) is 4.79 Å². The molecule has 20 heavy (non-hydrogen) atoms. The maximum atomic E-state index is 11.7. The summed E-state index contributed by atoms with van der Waals surface area (Å²) in [4.78, 5) is 16.0. The molecule has 5 heteroatoms. The first-order valence-electron chi connectivity index (χ1n) is 6.65. The SMILES string of the molecule is Cc1c(N2Cc3cccc(N(C)C)c3C2)cn[nH]c1=O. The van der Waals surface area contributed by atoms with Gasteiger partial charge < -0.3 is 9.80 Å². The van der Waals surface area contributed by atoms with Gasteiger partial charge in [-0.25, -0.2) is 5.10 Å². The van der Waals surface area contributed by atoms with Gasteiger partial charge in [0.05, 0.1) is 11.9 Å². The van der Waals surface area contributed by atoms with Gasteiger partial charge in [-0.15, -0.1) is 0 Å². The standard InChI is InChI=1S/C15H18N4O/c1-10-14(7-16-17-15(10)20)19-8-11-5-4-6-13(18(2)3)12(11)9-19/h4-7H,8-9H2,1-3H3,(H,17,20). The van der Waals surface area contributed by atoms with Gasteiger partial charge in [0, 0.05) is 38.4 Å². The second-order valence-electron chi connectivity index (χ2n) is 5.37. The Kier molecular flexibility index (Phi) is 2.97. The van der Waals surface area contributed by atoms with Crippen molar-refractivity contribution in [1.29, 1.82) is 0 Å². The molecule has 2 aromatic rings. The van der Waals surface area contributed by atoms with E-state index >= 15 is 0 Å². The molecule has 0 saturated carbocycles. The van der Waals surface area contributed by atoms with E-state index in [1.165, 1.54) is 16.8 Å². The van der Waals surface area contributed by atoms with Crippen LogP contribution in [0, 0.1) is 6.92 Å². The van der Waals surface area contributed by atoms with E-state index in [1.807, 2.05) is 6.92 Å². The van der Waals surface area contributed by atoms with Crippen LogP contribution in [0.15, 0.2) is 29.2 Å². The monoisotopic (exact) mass is 270 g/mol. The van der Waals surface area contributed by atoms with E-state index < -0.39 is 0 Å². The third-order valence-electron chi connectivity index (χ3n) is 3.86. The number of anilines is 2. The summed E-state index contributed by atoms with van der Waals surface area (Å²) in [5, 5.41) is 6.39. The van der Waals surface area contributed by atoms with Crippen molar-refractivity contribution < 1.29 is 0 Å². The number of benzene rings is 1. The van der Waals surface area contributed by atoms with Gasteiger partial charge in [-0.05, 0) is 24.1 Å². The van der Waals surface area contributed by atoms with Gasteiger partial charge in [-0.1, -0.05) is 12.1 Å². The molecule has 0 spiro atoms. The number of nitrogens with zero attached hydrogens (tertiary/aromatic N) is 3. The summed E-state index contributed by atoms with van der Waals surface area (Å²) < 4.78 is 0. The van der Waals surface area contributed by atoms with Crippen LogP contribution in [0.5, 0.6) is 0 Å². The fourth-order valence-electron chi connectivity index (χ4n) is 2.76. The first-order valence-corrected chi connectivity index (χ1v) is 6.65. The van der Waals surface area contributed by atoms with Crippen molar-refractivity contribution >= 4 is 11.4 Å². The molecule has 1 aromatic carbocycles. The molecule has 0 radical (unpaired) electrons. The minimum Gasteiger partial charge on any atom is -0.377 e. The topological polar surface area (TPSA) is 52.2 Å². The third-order valence-corrected chi connectivity index (χ3v) is 3.86. The van der Waals surface area contributed by atoms with Crippen LogP contribution in [0.2, 0.25) is 0 Å². The van der Waals surface area contributed by atoms with E-state index in [-0.39, 0.29) is 5.56 Å². The van der Waals surface area contributed by atoms with Gasteiger partial charge in [-0.3, -0.25) is 4.79 Å². The van der Waals surface area contributed by atoms with Gasteiger partial charge in [0.1, 0.15) is 0 Å². The summed E-state index contributed by atoms with van der Waals surface area (Å²) in [5.41, 5.74) is 5.40. The zero-order chi connectivity index (χ0) is 14.3. The molecule has 3 rings (SSSR count). The second kappa shape index (κ2) is 4.67. The van der Waals surface area contributed by atoms with Crippen LogP contribution in [0.3, 0.4) is 0 Å². The average Bonchev–Trinajstić information content (AvgIpc) is 2.84. The second-order valence-corrected chi connectivity index (χ2v) is 5.37. The molecule has 0 atom stereocenters. The highest BCUT2D eigenvalue weighted by molar-refractivity contribution is 5.63. The number of rotatable bonds is 2. The van der Waals surface area contributed by atoms with Gasteiger partial charge >= 0.3 is 0 Å². The number of nitrogens with one attached hydrogen (secondary N) is 1. The maximum Gasteiger partial charge on any atom is 0.269 e. The molecule has 0 aliphatic carbocycles. The van der Waals surface area contributed by atoms with Crippen molar-refractivity contribution in [3.8, 4) is 0 Å². The molecule has 0 saturated heterocycles. The van der Waals surface area contributed by atoms with Crippen LogP contribution in [-0.2, 0) is 13.1 Å². The number of aromatic nitrogens is 2. The van der Waals surface area contributed by atoms with Crippen molar-refractivity contribution in [2.24, 2.45) is 0 Å². The molecule has 2 heterocycles. The van der Waals surface area contributed by atoms with E-state index in [4.69, 9.17) is 0 Å². The zero-order valence-electron chi connectivity index (χ0n) is 12.0. The summed E-state index contributed by atoms with van der Waals surface area (Å²) >= 11 is 0. The Labute approximate surface area is 117 Å². The normalized spacial score (nSPS) is 13.4. The van der Waals surface area contributed by atoms with Gasteiger partial charge in [0.25, 0.3) is 5.56 Å². The Balaban J connectivity index is 2.00. The highest BCUT2D eigenvalue weighted by Gasteiger charge is 2.24. The molecule has 104 valence electrons. The van der Waals surface area contributed by atoms with Crippen LogP contribution in [0.25, 0.3) is 0 Å². The highest BCUT2D eigenvalue weighted by atomic mass is 16.1. The lowest BCUT2D eigenvalue weighted by molar-refractivity contribution is 0.848. The lowest BCUT2D eigenvalue weighted by atomic mass is 10.1. The third kappa shape index (κ3) is 1.95. The van der Waals surface area contributed by atoms with E-state index in [0.29, 0.717) is 0 Å². The Bertz CT molecular complexity index is 705. The smallest absolute Gasteiger partial charge is 0.269 e. The molecule has 1 aliphatic heterocycles. The van der Waals surface area contributed by atoms with Crippen LogP contribution >= 0.6 is 0 Å². The number of fused-ring (bicyclic) bond motifs is 1. The van der Waals surface area contributed by atoms with Crippen molar-refractivity contribution in [3.05, 3.63) is 51.4 Å². The molecule has 0 amide bonds. The van der Waals surface area contributed by atoms with Gasteiger partial charge in [-0.2, -0.15) is 5.10 Å². The summed E-state index contributed by atoms with van der Waals surface area (Å²) in [6, 6.07) is 6.37. The van der Waals surface area contributed by atoms with E-state index in [0.717, 1.165) is 24.3 Å². The number of hydrogen-bond donors (Lipinski definition) is 1. The lowest BCUT2D eigenvalue weighted by Gasteiger charge is -2.20. The minimum absolute atomic E-state index is 0.119. The molecular formula is C15H18N4O. The lowest BCUT2D eigenvalue weighted by Crippen LogP contribution is -2.22. The molecule has 0 bridgehead atoms. The number of H-pyrrole nitrogens is 1. The fraction of sp³-hybridized carbons (Fsp3) is 0.333. The zero-order valence-corrected chi connectivity index (χ0v) is 12.0. The highest BCUT2D eigenvalue weighted by Crippen LogP contribution is 2.33. The summed E-state index contributed by atoms with van der Waals surface area (Å²) in [6.45, 7) is 3.48. The Morgan fingerprint density at radius 3 is 2.85 bits per heavy atom. The Morgan fingerprint density at radius 2 is 2.10 bits per heavy atom. The Hall–Kier alpha value is -2.30. The number of hydrogen-bond acceptors (Lipinski definition) is 4. The maximum absolute atomic E-state index is 11.7. The molecule has 1 N–H and O–H groups in total. The van der Waals surface area contributed by atoms with Crippen LogP contribution in [0.1, 0.15) is 16.7 Å². The fourth-order valence-corrected chi connectivity index (χ4v) is 2.76. The summed E-state index contributed by atoms with van der Waals surface area (Å²) in [7, 11) is 4.11. The van der Waals surface area contributed by atoms with Crippen molar-refractivity contribution in [3.63, 3.8) is 0 Å².